The van der Waals surface area contributed by atoms with Gasteiger partial charge in [-0.15, -0.1) is 0 Å². The van der Waals surface area contributed by atoms with E-state index in [-0.39, 0.29) is 0 Å². The number of rotatable bonds is 1. The molecule has 0 atom stereocenters. The first-order valence-corrected chi connectivity index (χ1v) is 8.13. The fourth-order valence-electron chi connectivity index (χ4n) is 3.00. The Kier molecular flexibility index (Phi) is 2.96. The molecule has 5 rings (SSSR count). The lowest BCUT2D eigenvalue weighted by atomic mass is 10.1. The molecule has 0 radical (unpaired) electrons. The lowest BCUT2D eigenvalue weighted by Gasteiger charge is -2.21. The maximum Gasteiger partial charge on any atom is 0.174 e. The Labute approximate surface area is 148 Å². The van der Waals surface area contributed by atoms with Gasteiger partial charge in [0.1, 0.15) is 27.1 Å². The summed E-state index contributed by atoms with van der Waals surface area (Å²) in [4.78, 5) is 9.36. The van der Waals surface area contributed by atoms with Crippen LogP contribution in [0.15, 0.2) is 65.1 Å². The largest absolute Gasteiger partial charge is 0.452 e. The molecule has 0 unspecified atom stereocenters. The molecule has 0 saturated carbocycles. The Balaban J connectivity index is 1.91. The number of nitrogens with zero attached hydrogens (tertiary/aromatic N) is 2. The maximum absolute atomic E-state index is 6.61. The normalized spacial score (nSPS) is 12.8. The van der Waals surface area contributed by atoms with Crippen LogP contribution in [0.25, 0.3) is 6.08 Å². The minimum atomic E-state index is 0.378. The lowest BCUT2D eigenvalue weighted by Crippen LogP contribution is -2.23. The van der Waals surface area contributed by atoms with Gasteiger partial charge in [0.25, 0.3) is 0 Å². The van der Waals surface area contributed by atoms with Crippen LogP contribution in [0.4, 0.5) is 11.4 Å². The van der Waals surface area contributed by atoms with Gasteiger partial charge in [-0.25, -0.2) is 9.98 Å². The van der Waals surface area contributed by atoms with Gasteiger partial charge in [0.15, 0.2) is 23.0 Å². The monoisotopic (exact) mass is 346 g/mol. The third-order valence-corrected chi connectivity index (χ3v) is 4.51. The van der Waals surface area contributed by atoms with Gasteiger partial charge < -0.3 is 9.47 Å². The van der Waals surface area contributed by atoms with E-state index in [0.717, 1.165) is 11.4 Å². The molecule has 0 saturated heterocycles. The Morgan fingerprint density at radius 2 is 1.36 bits per heavy atom. The number of hydrogen-bond donors (Lipinski definition) is 0. The van der Waals surface area contributed by atoms with Crippen molar-refractivity contribution in [1.29, 1.82) is 0 Å². The molecular weight excluding hydrogens is 336 g/mol. The second kappa shape index (κ2) is 5.19. The van der Waals surface area contributed by atoms with Crippen LogP contribution < -0.4 is 20.2 Å². The number of halogens is 1. The average molecular weight is 347 g/mol. The smallest absolute Gasteiger partial charge is 0.174 e. The van der Waals surface area contributed by atoms with E-state index >= 15 is 0 Å². The third kappa shape index (κ3) is 2.01. The Bertz CT molecular complexity index is 1190. The van der Waals surface area contributed by atoms with Gasteiger partial charge in [-0.2, -0.15) is 0 Å². The number of fused-ring (bicyclic) bond motifs is 4. The average Bonchev–Trinajstić information content (AvgIpc) is 2.66. The first-order valence-electron chi connectivity index (χ1n) is 7.75. The van der Waals surface area contributed by atoms with E-state index in [1.807, 2.05) is 48.5 Å². The highest BCUT2D eigenvalue weighted by Gasteiger charge is 2.26. The SMILES string of the molecule is C=Cc1c2c(c(Cl)c3c1=Nc1ccccc1O3)=Nc1ccccc1O2. The van der Waals surface area contributed by atoms with Crippen LogP contribution >= 0.6 is 11.6 Å². The fraction of sp³-hybridized carbons (Fsp3) is 0. The summed E-state index contributed by atoms with van der Waals surface area (Å²) in [6.45, 7) is 3.91. The van der Waals surface area contributed by atoms with E-state index in [2.05, 4.69) is 11.6 Å². The molecule has 3 aromatic carbocycles. The molecule has 3 aromatic rings. The summed E-state index contributed by atoms with van der Waals surface area (Å²) in [5, 5.41) is 1.51. The van der Waals surface area contributed by atoms with E-state index in [1.54, 1.807) is 6.08 Å². The van der Waals surface area contributed by atoms with E-state index in [1.165, 1.54) is 0 Å². The van der Waals surface area contributed by atoms with Crippen LogP contribution in [-0.2, 0) is 0 Å². The highest BCUT2D eigenvalue weighted by Crippen LogP contribution is 2.41. The van der Waals surface area contributed by atoms with Crippen LogP contribution in [0.5, 0.6) is 23.0 Å². The third-order valence-electron chi connectivity index (χ3n) is 4.16. The zero-order valence-corrected chi connectivity index (χ0v) is 13.7. The second-order valence-corrected chi connectivity index (χ2v) is 6.03. The quantitative estimate of drug-likeness (QED) is 0.424. The molecular formula is C20H11ClN2O2. The topological polar surface area (TPSA) is 43.2 Å². The summed E-state index contributed by atoms with van der Waals surface area (Å²) in [5.41, 5.74) is 2.17. The maximum atomic E-state index is 6.61. The molecule has 0 fully saturated rings. The van der Waals surface area contributed by atoms with E-state index in [0.29, 0.717) is 44.3 Å². The minimum Gasteiger partial charge on any atom is -0.452 e. The summed E-state index contributed by atoms with van der Waals surface area (Å²) < 4.78 is 12.1. The van der Waals surface area contributed by atoms with Crippen molar-refractivity contribution in [2.24, 2.45) is 9.98 Å². The van der Waals surface area contributed by atoms with Gasteiger partial charge in [-0.1, -0.05) is 48.5 Å². The van der Waals surface area contributed by atoms with Gasteiger partial charge in [-0.3, -0.25) is 0 Å². The van der Waals surface area contributed by atoms with E-state index in [4.69, 9.17) is 26.1 Å². The molecule has 0 aliphatic carbocycles. The molecule has 0 amide bonds. The van der Waals surface area contributed by atoms with Crippen molar-refractivity contribution in [3.63, 3.8) is 0 Å². The van der Waals surface area contributed by atoms with Gasteiger partial charge in [0.05, 0.1) is 0 Å². The zero-order chi connectivity index (χ0) is 17.0. The Morgan fingerprint density at radius 3 is 2.00 bits per heavy atom. The minimum absolute atomic E-state index is 0.378. The van der Waals surface area contributed by atoms with Gasteiger partial charge >= 0.3 is 0 Å². The first kappa shape index (κ1) is 14.3. The van der Waals surface area contributed by atoms with Crippen molar-refractivity contribution in [2.75, 3.05) is 0 Å². The molecule has 5 heteroatoms. The van der Waals surface area contributed by atoms with E-state index in [9.17, 15) is 0 Å². The molecule has 2 heterocycles. The molecule has 120 valence electrons. The van der Waals surface area contributed by atoms with Crippen LogP contribution in [0, 0.1) is 0 Å². The highest BCUT2D eigenvalue weighted by molar-refractivity contribution is 6.32. The summed E-state index contributed by atoms with van der Waals surface area (Å²) in [6, 6.07) is 15.1. The predicted molar refractivity (Wildman–Crippen MR) is 96.2 cm³/mol. The molecule has 0 aromatic heterocycles. The molecule has 2 aliphatic heterocycles. The molecule has 2 aliphatic rings. The van der Waals surface area contributed by atoms with E-state index < -0.39 is 0 Å². The van der Waals surface area contributed by atoms with Crippen molar-refractivity contribution in [1.82, 2.24) is 0 Å². The summed E-state index contributed by atoms with van der Waals surface area (Å²) >= 11 is 6.61. The van der Waals surface area contributed by atoms with Crippen molar-refractivity contribution in [3.05, 3.63) is 76.4 Å². The molecule has 0 bridgehead atoms. The zero-order valence-electron chi connectivity index (χ0n) is 13.0. The highest BCUT2D eigenvalue weighted by atomic mass is 35.5. The standard InChI is InChI=1S/C20H11ClN2O2/c1-2-11-17-20(25-15-10-6-3-7-12(15)22-17)16(21)18-19(11)24-14-9-5-4-8-13(14)23-18/h2-10H,1H2. The van der Waals surface area contributed by atoms with Gasteiger partial charge in [-0.05, 0) is 24.3 Å². The number of benzene rings is 3. The van der Waals surface area contributed by atoms with Gasteiger partial charge in [0, 0.05) is 5.56 Å². The summed E-state index contributed by atoms with van der Waals surface area (Å²) in [7, 11) is 0. The number of ether oxygens (including phenoxy) is 2. The van der Waals surface area contributed by atoms with Crippen molar-refractivity contribution in [3.8, 4) is 23.0 Å². The van der Waals surface area contributed by atoms with Crippen LogP contribution in [0.2, 0.25) is 5.02 Å². The van der Waals surface area contributed by atoms with Gasteiger partial charge in [0.2, 0.25) is 0 Å². The summed E-state index contributed by atoms with van der Waals surface area (Å²) in [6.07, 6.45) is 1.69. The number of para-hydroxylation sites is 4. The number of hydrogen-bond acceptors (Lipinski definition) is 4. The summed E-state index contributed by atoms with van der Waals surface area (Å²) in [5.74, 6) is 2.35. The fourth-order valence-corrected chi connectivity index (χ4v) is 3.25. The van der Waals surface area contributed by atoms with Crippen LogP contribution in [0.3, 0.4) is 0 Å². The molecule has 25 heavy (non-hydrogen) atoms. The lowest BCUT2D eigenvalue weighted by molar-refractivity contribution is 0.450. The van der Waals surface area contributed by atoms with Crippen molar-refractivity contribution >= 4 is 29.1 Å². The predicted octanol–water partition coefficient (Wildman–Crippen LogP) is 5.10. The van der Waals surface area contributed by atoms with Crippen LogP contribution in [-0.4, -0.2) is 0 Å². The van der Waals surface area contributed by atoms with Crippen molar-refractivity contribution < 1.29 is 9.47 Å². The molecule has 4 nitrogen and oxygen atoms in total. The molecule has 0 spiro atoms. The second-order valence-electron chi connectivity index (χ2n) is 5.65. The first-order chi connectivity index (χ1) is 12.3. The molecule has 0 N–H and O–H groups in total. The Hall–Kier alpha value is -3.11. The van der Waals surface area contributed by atoms with Crippen LogP contribution in [0.1, 0.15) is 5.56 Å². The van der Waals surface area contributed by atoms with Crippen molar-refractivity contribution in [2.45, 2.75) is 0 Å². The Morgan fingerprint density at radius 1 is 0.800 bits per heavy atom.